The smallest absolute Gasteiger partial charge is 0.242 e. The van der Waals surface area contributed by atoms with Crippen LogP contribution >= 0.6 is 23.2 Å². The number of rotatable bonds is 6. The second kappa shape index (κ2) is 9.64. The van der Waals surface area contributed by atoms with Gasteiger partial charge in [0.05, 0.1) is 6.42 Å². The highest BCUT2D eigenvalue weighted by Crippen LogP contribution is 2.26. The van der Waals surface area contributed by atoms with Crippen molar-refractivity contribution in [3.8, 4) is 0 Å². The van der Waals surface area contributed by atoms with E-state index in [1.165, 1.54) is 0 Å². The van der Waals surface area contributed by atoms with Gasteiger partial charge >= 0.3 is 0 Å². The molecule has 0 aliphatic carbocycles. The third kappa shape index (κ3) is 6.76. The van der Waals surface area contributed by atoms with Crippen LogP contribution in [0.2, 0.25) is 10.0 Å². The van der Waals surface area contributed by atoms with E-state index in [0.717, 1.165) is 11.1 Å². The van der Waals surface area contributed by atoms with Crippen molar-refractivity contribution < 1.29 is 9.59 Å². The lowest BCUT2D eigenvalue weighted by atomic mass is 10.1. The van der Waals surface area contributed by atoms with Crippen LogP contribution in [0, 0.1) is 6.92 Å². The van der Waals surface area contributed by atoms with Crippen molar-refractivity contribution in [3.05, 3.63) is 69.2 Å². The summed E-state index contributed by atoms with van der Waals surface area (Å²) in [5.74, 6) is -0.416. The topological polar surface area (TPSA) is 49.4 Å². The van der Waals surface area contributed by atoms with Crippen molar-refractivity contribution in [1.29, 1.82) is 0 Å². The maximum Gasteiger partial charge on any atom is 0.242 e. The van der Waals surface area contributed by atoms with Crippen molar-refractivity contribution in [2.75, 3.05) is 0 Å². The molecule has 4 nitrogen and oxygen atoms in total. The zero-order chi connectivity index (χ0) is 21.8. The molecule has 1 atom stereocenters. The van der Waals surface area contributed by atoms with E-state index in [0.29, 0.717) is 22.2 Å². The van der Waals surface area contributed by atoms with Gasteiger partial charge in [-0.25, -0.2) is 0 Å². The van der Waals surface area contributed by atoms with E-state index in [9.17, 15) is 9.59 Å². The zero-order valence-electron chi connectivity index (χ0n) is 17.6. The predicted molar refractivity (Wildman–Crippen MR) is 119 cm³/mol. The number of carbonyl (C=O) groups excluding carboxylic acids is 2. The van der Waals surface area contributed by atoms with Crippen LogP contribution in [0.15, 0.2) is 42.5 Å². The Morgan fingerprint density at radius 2 is 1.59 bits per heavy atom. The first-order chi connectivity index (χ1) is 13.5. The maximum atomic E-state index is 13.2. The number of nitrogens with zero attached hydrogens (tertiary/aromatic N) is 1. The van der Waals surface area contributed by atoms with E-state index in [1.54, 1.807) is 30.0 Å². The second-order valence-corrected chi connectivity index (χ2v) is 9.11. The molecule has 1 N–H and O–H groups in total. The molecule has 0 saturated carbocycles. The monoisotopic (exact) mass is 434 g/mol. The molecule has 2 rings (SSSR count). The molecule has 156 valence electrons. The average molecular weight is 435 g/mol. The van der Waals surface area contributed by atoms with Crippen molar-refractivity contribution in [2.24, 2.45) is 0 Å². The summed E-state index contributed by atoms with van der Waals surface area (Å²) in [6.07, 6.45) is 0.0253. The van der Waals surface area contributed by atoms with Crippen LogP contribution in [0.3, 0.4) is 0 Å². The van der Waals surface area contributed by atoms with E-state index >= 15 is 0 Å². The summed E-state index contributed by atoms with van der Waals surface area (Å²) in [6.45, 7) is 9.79. The Labute approximate surface area is 183 Å². The summed E-state index contributed by atoms with van der Waals surface area (Å²) in [5, 5.41) is 3.83. The Hall–Kier alpha value is -2.04. The van der Waals surface area contributed by atoms with Gasteiger partial charge in [0.2, 0.25) is 11.8 Å². The lowest BCUT2D eigenvalue weighted by Crippen LogP contribution is -2.52. The van der Waals surface area contributed by atoms with Crippen LogP contribution in [0.5, 0.6) is 0 Å². The molecule has 0 saturated heterocycles. The molecule has 0 unspecified atom stereocenters. The first kappa shape index (κ1) is 23.2. The highest BCUT2D eigenvalue weighted by molar-refractivity contribution is 6.36. The van der Waals surface area contributed by atoms with Gasteiger partial charge < -0.3 is 10.2 Å². The predicted octanol–water partition coefficient (Wildman–Crippen LogP) is 5.18. The molecule has 0 heterocycles. The SMILES string of the molecule is Cc1ccc(CN(C(=O)Cc2c(Cl)cccc2Cl)[C@@H](C)C(=O)NC(C)(C)C)cc1. The molecular weight excluding hydrogens is 407 g/mol. The highest BCUT2D eigenvalue weighted by Gasteiger charge is 2.29. The normalized spacial score (nSPS) is 12.4. The van der Waals surface area contributed by atoms with E-state index in [2.05, 4.69) is 5.32 Å². The van der Waals surface area contributed by atoms with E-state index in [-0.39, 0.29) is 18.2 Å². The molecule has 6 heteroatoms. The second-order valence-electron chi connectivity index (χ2n) is 8.30. The fourth-order valence-electron chi connectivity index (χ4n) is 2.90. The van der Waals surface area contributed by atoms with Crippen LogP contribution in [-0.4, -0.2) is 28.3 Å². The van der Waals surface area contributed by atoms with Gasteiger partial charge in [-0.05, 0) is 57.9 Å². The standard InChI is InChI=1S/C23H28Cl2N2O2/c1-15-9-11-17(12-10-15)14-27(16(2)22(29)26-23(3,4)5)21(28)13-18-19(24)7-6-8-20(18)25/h6-12,16H,13-14H2,1-5H3,(H,26,29)/t16-/m0/s1. The fraction of sp³-hybridized carbons (Fsp3) is 0.391. The van der Waals surface area contributed by atoms with Gasteiger partial charge in [0.15, 0.2) is 0 Å². The quantitative estimate of drug-likeness (QED) is 0.680. The molecule has 29 heavy (non-hydrogen) atoms. The summed E-state index contributed by atoms with van der Waals surface area (Å²) >= 11 is 12.5. The molecule has 0 aliphatic rings. The fourth-order valence-corrected chi connectivity index (χ4v) is 3.43. The molecule has 2 amide bonds. The Kier molecular flexibility index (Phi) is 7.73. The third-order valence-corrected chi connectivity index (χ3v) is 5.24. The largest absolute Gasteiger partial charge is 0.350 e. The molecule has 0 spiro atoms. The summed E-state index contributed by atoms with van der Waals surface area (Å²) in [7, 11) is 0. The molecule has 0 aromatic heterocycles. The highest BCUT2D eigenvalue weighted by atomic mass is 35.5. The first-order valence-corrected chi connectivity index (χ1v) is 10.3. The van der Waals surface area contributed by atoms with Crippen molar-refractivity contribution >= 4 is 35.0 Å². The van der Waals surface area contributed by atoms with Crippen LogP contribution < -0.4 is 5.32 Å². The molecular formula is C23H28Cl2N2O2. The molecule has 0 aliphatic heterocycles. The van der Waals surface area contributed by atoms with Gasteiger partial charge in [0.25, 0.3) is 0 Å². The minimum atomic E-state index is -0.649. The first-order valence-electron chi connectivity index (χ1n) is 9.58. The van der Waals surface area contributed by atoms with Gasteiger partial charge in [0, 0.05) is 22.1 Å². The van der Waals surface area contributed by atoms with Gasteiger partial charge in [-0.15, -0.1) is 0 Å². The average Bonchev–Trinajstić information content (AvgIpc) is 2.62. The molecule has 0 bridgehead atoms. The van der Waals surface area contributed by atoms with Crippen LogP contribution in [-0.2, 0) is 22.6 Å². The molecule has 0 radical (unpaired) electrons. The van der Waals surface area contributed by atoms with Gasteiger partial charge in [-0.1, -0.05) is 59.1 Å². The zero-order valence-corrected chi connectivity index (χ0v) is 19.1. The maximum absolute atomic E-state index is 13.2. The minimum absolute atomic E-state index is 0.0253. The Bertz CT molecular complexity index is 853. The Morgan fingerprint density at radius 3 is 2.10 bits per heavy atom. The lowest BCUT2D eigenvalue weighted by molar-refractivity contribution is -0.140. The van der Waals surface area contributed by atoms with Crippen molar-refractivity contribution in [3.63, 3.8) is 0 Å². The Balaban J connectivity index is 2.30. The number of hydrogen-bond donors (Lipinski definition) is 1. The van der Waals surface area contributed by atoms with Crippen LogP contribution in [0.25, 0.3) is 0 Å². The van der Waals surface area contributed by atoms with Crippen molar-refractivity contribution in [2.45, 2.75) is 59.2 Å². The van der Waals surface area contributed by atoms with Gasteiger partial charge in [-0.3, -0.25) is 9.59 Å². The van der Waals surface area contributed by atoms with E-state index in [1.807, 2.05) is 52.0 Å². The summed E-state index contributed by atoms with van der Waals surface area (Å²) < 4.78 is 0. The lowest BCUT2D eigenvalue weighted by Gasteiger charge is -2.31. The number of benzene rings is 2. The van der Waals surface area contributed by atoms with Crippen molar-refractivity contribution in [1.82, 2.24) is 10.2 Å². The Morgan fingerprint density at radius 1 is 1.03 bits per heavy atom. The summed E-state index contributed by atoms with van der Waals surface area (Å²) in [4.78, 5) is 27.6. The third-order valence-electron chi connectivity index (χ3n) is 4.53. The van der Waals surface area contributed by atoms with Gasteiger partial charge in [-0.2, -0.15) is 0 Å². The van der Waals surface area contributed by atoms with E-state index < -0.39 is 11.6 Å². The van der Waals surface area contributed by atoms with E-state index in [4.69, 9.17) is 23.2 Å². The molecule has 2 aromatic carbocycles. The summed E-state index contributed by atoms with van der Waals surface area (Å²) in [5.41, 5.74) is 2.26. The molecule has 2 aromatic rings. The number of amides is 2. The number of nitrogens with one attached hydrogen (secondary N) is 1. The summed E-state index contributed by atoms with van der Waals surface area (Å²) in [6, 6.07) is 12.4. The van der Waals surface area contributed by atoms with Gasteiger partial charge in [0.1, 0.15) is 6.04 Å². The number of aryl methyl sites for hydroxylation is 1. The number of halogens is 2. The number of carbonyl (C=O) groups is 2. The minimum Gasteiger partial charge on any atom is -0.350 e. The number of hydrogen-bond acceptors (Lipinski definition) is 2. The van der Waals surface area contributed by atoms with Crippen LogP contribution in [0.4, 0.5) is 0 Å². The van der Waals surface area contributed by atoms with Crippen LogP contribution in [0.1, 0.15) is 44.4 Å². The molecule has 0 fully saturated rings.